The molecule has 0 aliphatic heterocycles. The van der Waals surface area contributed by atoms with Crippen LogP contribution < -0.4 is 10.5 Å². The molecule has 0 saturated carbocycles. The van der Waals surface area contributed by atoms with Crippen LogP contribution >= 0.6 is 0 Å². The van der Waals surface area contributed by atoms with E-state index in [0.717, 1.165) is 22.7 Å². The molecule has 0 amide bonds. The van der Waals surface area contributed by atoms with Crippen molar-refractivity contribution in [1.29, 1.82) is 0 Å². The van der Waals surface area contributed by atoms with Crippen LogP contribution in [0, 0.1) is 6.92 Å². The predicted octanol–water partition coefficient (Wildman–Crippen LogP) is 2.04. The first-order valence-electron chi connectivity index (χ1n) is 6.39. The van der Waals surface area contributed by atoms with Crippen molar-refractivity contribution in [1.82, 2.24) is 14.8 Å². The zero-order valence-corrected chi connectivity index (χ0v) is 11.8. The molecule has 0 spiro atoms. The van der Waals surface area contributed by atoms with Gasteiger partial charge in [0.1, 0.15) is 5.75 Å². The molecule has 0 fully saturated rings. The summed E-state index contributed by atoms with van der Waals surface area (Å²) in [7, 11) is 1.87. The maximum Gasteiger partial charge on any atom is 0.164 e. The largest absolute Gasteiger partial charge is 0.491 e. The summed E-state index contributed by atoms with van der Waals surface area (Å²) in [6, 6.07) is 6.03. The highest BCUT2D eigenvalue weighted by molar-refractivity contribution is 5.58. The van der Waals surface area contributed by atoms with Crippen LogP contribution in [0.1, 0.15) is 25.2 Å². The Morgan fingerprint density at radius 3 is 2.63 bits per heavy atom. The average Bonchev–Trinajstić information content (AvgIpc) is 2.73. The molecule has 0 bridgehead atoms. The van der Waals surface area contributed by atoms with Gasteiger partial charge in [-0.25, -0.2) is 9.67 Å². The molecule has 2 aromatic rings. The van der Waals surface area contributed by atoms with Gasteiger partial charge in [-0.05, 0) is 44.5 Å². The lowest BCUT2D eigenvalue weighted by molar-refractivity contribution is 0.241. The van der Waals surface area contributed by atoms with Crippen LogP contribution in [0.3, 0.4) is 0 Å². The quantitative estimate of drug-likeness (QED) is 0.913. The number of nitrogens with two attached hydrogens (primary N) is 1. The Morgan fingerprint density at radius 2 is 2.11 bits per heavy atom. The van der Waals surface area contributed by atoms with Crippen LogP contribution in [0.15, 0.2) is 18.2 Å². The average molecular weight is 260 g/mol. The molecule has 0 atom stereocenters. The van der Waals surface area contributed by atoms with Crippen LogP contribution in [-0.4, -0.2) is 20.9 Å². The smallest absolute Gasteiger partial charge is 0.164 e. The van der Waals surface area contributed by atoms with Crippen molar-refractivity contribution in [2.75, 3.05) is 0 Å². The summed E-state index contributed by atoms with van der Waals surface area (Å²) in [6.45, 7) is 6.41. The Labute approximate surface area is 113 Å². The first kappa shape index (κ1) is 13.5. The van der Waals surface area contributed by atoms with E-state index in [1.807, 2.05) is 40.0 Å². The van der Waals surface area contributed by atoms with Crippen LogP contribution in [0.4, 0.5) is 0 Å². The molecule has 102 valence electrons. The van der Waals surface area contributed by atoms with Crippen molar-refractivity contribution in [2.45, 2.75) is 33.4 Å². The molecule has 0 aliphatic rings. The fourth-order valence-corrected chi connectivity index (χ4v) is 1.95. The standard InChI is InChI=1S/C14H20N4O/c1-9(2)19-12-6-5-11(7-10(12)3)14-16-13(8-15)17-18(14)4/h5-7,9H,8,15H2,1-4H3. The molecular formula is C14H20N4O. The number of nitrogens with zero attached hydrogens (tertiary/aromatic N) is 3. The Bertz CT molecular complexity index is 575. The summed E-state index contributed by atoms with van der Waals surface area (Å²) in [6.07, 6.45) is 0.170. The third-order valence-electron chi connectivity index (χ3n) is 2.79. The molecule has 5 heteroatoms. The second kappa shape index (κ2) is 5.40. The fraction of sp³-hybridized carbons (Fsp3) is 0.429. The molecular weight excluding hydrogens is 240 g/mol. The maximum atomic E-state index is 5.73. The second-order valence-corrected chi connectivity index (χ2v) is 4.83. The number of aromatic nitrogens is 3. The highest BCUT2D eigenvalue weighted by Gasteiger charge is 2.10. The van der Waals surface area contributed by atoms with Crippen molar-refractivity contribution >= 4 is 0 Å². The monoisotopic (exact) mass is 260 g/mol. The third-order valence-corrected chi connectivity index (χ3v) is 2.79. The van der Waals surface area contributed by atoms with E-state index >= 15 is 0 Å². The van der Waals surface area contributed by atoms with Crippen molar-refractivity contribution in [3.8, 4) is 17.1 Å². The van der Waals surface area contributed by atoms with Crippen LogP contribution in [0.25, 0.3) is 11.4 Å². The molecule has 1 aromatic heterocycles. The SMILES string of the molecule is Cc1cc(-c2nc(CN)nn2C)ccc1OC(C)C. The molecule has 0 aliphatic carbocycles. The van der Waals surface area contributed by atoms with Gasteiger partial charge in [0.05, 0.1) is 12.6 Å². The highest BCUT2D eigenvalue weighted by atomic mass is 16.5. The predicted molar refractivity (Wildman–Crippen MR) is 74.8 cm³/mol. The zero-order valence-electron chi connectivity index (χ0n) is 11.8. The molecule has 0 radical (unpaired) electrons. The summed E-state index contributed by atoms with van der Waals surface area (Å²) >= 11 is 0. The van der Waals surface area contributed by atoms with Gasteiger partial charge in [-0.3, -0.25) is 0 Å². The van der Waals surface area contributed by atoms with E-state index in [2.05, 4.69) is 16.1 Å². The number of benzene rings is 1. The first-order chi connectivity index (χ1) is 9.01. The first-order valence-corrected chi connectivity index (χ1v) is 6.39. The van der Waals surface area contributed by atoms with Crippen molar-refractivity contribution in [3.05, 3.63) is 29.6 Å². The number of ether oxygens (including phenoxy) is 1. The molecule has 0 unspecified atom stereocenters. The Morgan fingerprint density at radius 1 is 1.37 bits per heavy atom. The minimum Gasteiger partial charge on any atom is -0.491 e. The van der Waals surface area contributed by atoms with Crippen molar-refractivity contribution in [2.24, 2.45) is 12.8 Å². The third kappa shape index (κ3) is 2.93. The van der Waals surface area contributed by atoms with E-state index in [0.29, 0.717) is 12.4 Å². The van der Waals surface area contributed by atoms with E-state index < -0.39 is 0 Å². The Balaban J connectivity index is 2.35. The number of rotatable bonds is 4. The van der Waals surface area contributed by atoms with Gasteiger partial charge < -0.3 is 10.5 Å². The fourth-order valence-electron chi connectivity index (χ4n) is 1.95. The molecule has 2 N–H and O–H groups in total. The Kier molecular flexibility index (Phi) is 3.85. The number of hydrogen-bond donors (Lipinski definition) is 1. The minimum atomic E-state index is 0.170. The van der Waals surface area contributed by atoms with Gasteiger partial charge in [-0.1, -0.05) is 0 Å². The molecule has 19 heavy (non-hydrogen) atoms. The van der Waals surface area contributed by atoms with E-state index in [9.17, 15) is 0 Å². The van der Waals surface area contributed by atoms with E-state index in [1.165, 1.54) is 0 Å². The Hall–Kier alpha value is -1.88. The van der Waals surface area contributed by atoms with Crippen LogP contribution in [0.2, 0.25) is 0 Å². The summed E-state index contributed by atoms with van der Waals surface area (Å²) < 4.78 is 7.48. The summed E-state index contributed by atoms with van der Waals surface area (Å²) in [5.41, 5.74) is 7.66. The summed E-state index contributed by atoms with van der Waals surface area (Å²) in [5, 5.41) is 4.26. The molecule has 5 nitrogen and oxygen atoms in total. The molecule has 0 saturated heterocycles. The van der Waals surface area contributed by atoms with Crippen molar-refractivity contribution in [3.63, 3.8) is 0 Å². The summed E-state index contributed by atoms with van der Waals surface area (Å²) in [4.78, 5) is 4.42. The van der Waals surface area contributed by atoms with E-state index in [-0.39, 0.29) is 6.10 Å². The second-order valence-electron chi connectivity index (χ2n) is 4.83. The molecule has 1 heterocycles. The maximum absolute atomic E-state index is 5.73. The van der Waals surface area contributed by atoms with Gasteiger partial charge >= 0.3 is 0 Å². The van der Waals surface area contributed by atoms with Crippen LogP contribution in [0.5, 0.6) is 5.75 Å². The molecule has 2 rings (SSSR count). The zero-order chi connectivity index (χ0) is 14.0. The highest BCUT2D eigenvalue weighted by Crippen LogP contribution is 2.25. The summed E-state index contributed by atoms with van der Waals surface area (Å²) in [5.74, 6) is 2.37. The van der Waals surface area contributed by atoms with Gasteiger partial charge in [0.25, 0.3) is 0 Å². The minimum absolute atomic E-state index is 0.170. The topological polar surface area (TPSA) is 66.0 Å². The number of hydrogen-bond acceptors (Lipinski definition) is 4. The van der Waals surface area contributed by atoms with Crippen LogP contribution in [-0.2, 0) is 13.6 Å². The van der Waals surface area contributed by atoms with Gasteiger partial charge in [-0.15, -0.1) is 0 Å². The van der Waals surface area contributed by atoms with Gasteiger partial charge in [-0.2, -0.15) is 5.10 Å². The lowest BCUT2D eigenvalue weighted by Gasteiger charge is -2.13. The van der Waals surface area contributed by atoms with Gasteiger partial charge in [0, 0.05) is 12.6 Å². The lowest BCUT2D eigenvalue weighted by atomic mass is 10.1. The van der Waals surface area contributed by atoms with Gasteiger partial charge in [0.2, 0.25) is 0 Å². The lowest BCUT2D eigenvalue weighted by Crippen LogP contribution is -2.06. The number of aryl methyl sites for hydroxylation is 2. The van der Waals surface area contributed by atoms with Gasteiger partial charge in [0.15, 0.2) is 11.6 Å². The normalized spacial score (nSPS) is 11.1. The van der Waals surface area contributed by atoms with E-state index in [4.69, 9.17) is 10.5 Å². The molecule has 1 aromatic carbocycles. The van der Waals surface area contributed by atoms with Crippen molar-refractivity contribution < 1.29 is 4.74 Å². The van der Waals surface area contributed by atoms with E-state index in [1.54, 1.807) is 4.68 Å².